The number of aromatic nitrogens is 6. The average Bonchev–Trinajstić information content (AvgIpc) is 3.68. The number of hydrogen-bond donors (Lipinski definition) is 2. The monoisotopic (exact) mass is 632 g/mol. The molecule has 6 rings (SSSR count). The van der Waals surface area contributed by atoms with Gasteiger partial charge in [0, 0.05) is 24.5 Å². The zero-order valence-corrected chi connectivity index (χ0v) is 25.9. The summed E-state index contributed by atoms with van der Waals surface area (Å²) in [5.41, 5.74) is 5.70. The lowest BCUT2D eigenvalue weighted by atomic mass is 10.0. The van der Waals surface area contributed by atoms with Crippen LogP contribution in [0.1, 0.15) is 11.4 Å². The van der Waals surface area contributed by atoms with Gasteiger partial charge in [-0.25, -0.2) is 9.97 Å². The molecule has 0 amide bonds. The van der Waals surface area contributed by atoms with E-state index in [9.17, 15) is 8.42 Å². The maximum absolute atomic E-state index is 13.2. The number of imidazole rings is 2. The van der Waals surface area contributed by atoms with E-state index in [4.69, 9.17) is 18.9 Å². The number of methoxy groups -OCH3 is 4. The molecule has 2 N–H and O–H groups in total. The Labute approximate surface area is 257 Å². The lowest BCUT2D eigenvalue weighted by Crippen LogP contribution is -2.04. The summed E-state index contributed by atoms with van der Waals surface area (Å²) < 4.78 is 48.0. The quantitative estimate of drug-likeness (QED) is 0.208. The molecule has 4 aromatic heterocycles. The highest BCUT2D eigenvalue weighted by Gasteiger charge is 2.19. The number of fused-ring (bicyclic) bond motifs is 2. The summed E-state index contributed by atoms with van der Waals surface area (Å²) >= 11 is 0. The Balaban J connectivity index is 1.23. The number of hydrogen-bond acceptors (Lipinski definition) is 10. The average molecular weight is 633 g/mol. The molecule has 4 heterocycles. The Bertz CT molecular complexity index is 1900. The first-order valence-corrected chi connectivity index (χ1v) is 15.9. The number of nitrogens with one attached hydrogen (secondary N) is 2. The number of H-pyrrole nitrogens is 2. The molecule has 0 spiro atoms. The molecule has 44 heavy (non-hydrogen) atoms. The zero-order valence-electron chi connectivity index (χ0n) is 24.2. The summed E-state index contributed by atoms with van der Waals surface area (Å²) in [5, 5.41) is 0.671. The van der Waals surface area contributed by atoms with Gasteiger partial charge in [-0.15, -0.1) is 0 Å². The summed E-state index contributed by atoms with van der Waals surface area (Å²) in [6.07, 6.45) is 3.18. The van der Waals surface area contributed by atoms with Gasteiger partial charge in [-0.3, -0.25) is 18.4 Å². The van der Waals surface area contributed by atoms with E-state index in [0.717, 1.165) is 22.2 Å². The minimum absolute atomic E-state index is 0.105. The van der Waals surface area contributed by atoms with Gasteiger partial charge >= 0.3 is 0 Å². The highest BCUT2D eigenvalue weighted by Crippen LogP contribution is 2.32. The Hall–Kier alpha value is -4.82. The van der Waals surface area contributed by atoms with E-state index in [0.29, 0.717) is 55.7 Å². The first kappa shape index (κ1) is 29.3. The van der Waals surface area contributed by atoms with E-state index in [-0.39, 0.29) is 11.5 Å². The largest absolute Gasteiger partial charge is 0.493 e. The lowest BCUT2D eigenvalue weighted by molar-refractivity contribution is 0.350. The Morgan fingerprint density at radius 2 is 1.05 bits per heavy atom. The highest BCUT2D eigenvalue weighted by molar-refractivity contribution is 7.84. The van der Waals surface area contributed by atoms with Crippen LogP contribution in [0.15, 0.2) is 71.2 Å². The molecule has 0 aliphatic carbocycles. The first-order valence-electron chi connectivity index (χ1n) is 13.3. The van der Waals surface area contributed by atoms with Gasteiger partial charge in [0.05, 0.1) is 95.0 Å². The number of aromatic amines is 2. The van der Waals surface area contributed by atoms with Crippen LogP contribution in [0.25, 0.3) is 33.2 Å². The second-order valence-corrected chi connectivity index (χ2v) is 12.2. The van der Waals surface area contributed by atoms with Gasteiger partial charge in [-0.05, 0) is 35.4 Å². The van der Waals surface area contributed by atoms with Crippen LogP contribution in [-0.2, 0) is 33.1 Å². The topological polar surface area (TPSA) is 154 Å². The summed E-state index contributed by atoms with van der Waals surface area (Å²) in [5.74, 6) is 2.14. The van der Waals surface area contributed by atoms with E-state index >= 15 is 0 Å². The van der Waals surface area contributed by atoms with Gasteiger partial charge in [0.1, 0.15) is 0 Å². The predicted octanol–water partition coefficient (Wildman–Crippen LogP) is 4.55. The highest BCUT2D eigenvalue weighted by atomic mass is 32.2. The molecule has 0 radical (unpaired) electrons. The molecule has 14 heteroatoms. The molecule has 0 aliphatic heterocycles. The third kappa shape index (κ3) is 5.61. The smallest absolute Gasteiger partial charge is 0.197 e. The van der Waals surface area contributed by atoms with E-state index in [2.05, 4.69) is 29.9 Å². The normalized spacial score (nSPS) is 12.7. The number of rotatable bonds is 11. The molecule has 0 saturated heterocycles. The van der Waals surface area contributed by atoms with Crippen molar-refractivity contribution in [1.29, 1.82) is 0 Å². The van der Waals surface area contributed by atoms with Crippen LogP contribution in [0.5, 0.6) is 23.0 Å². The number of pyridine rings is 2. The molecule has 226 valence electrons. The number of benzene rings is 2. The van der Waals surface area contributed by atoms with Gasteiger partial charge in [-0.2, -0.15) is 0 Å². The van der Waals surface area contributed by atoms with Crippen LogP contribution < -0.4 is 18.9 Å². The minimum atomic E-state index is -1.51. The molecule has 6 aromatic rings. The Kier molecular flexibility index (Phi) is 8.26. The van der Waals surface area contributed by atoms with Crippen LogP contribution in [0.3, 0.4) is 0 Å². The van der Waals surface area contributed by atoms with Gasteiger partial charge in [0.2, 0.25) is 0 Å². The second kappa shape index (κ2) is 12.4. The van der Waals surface area contributed by atoms with Crippen molar-refractivity contribution in [3.05, 3.63) is 72.3 Å². The van der Waals surface area contributed by atoms with Crippen molar-refractivity contribution >= 4 is 43.7 Å². The first-order chi connectivity index (χ1) is 21.4. The molecule has 0 fully saturated rings. The predicted molar refractivity (Wildman–Crippen MR) is 166 cm³/mol. The molecular formula is C30H28N6O6S2. The molecule has 2 atom stereocenters. The fraction of sp³-hybridized carbons (Fsp3) is 0.200. The SMILES string of the molecule is COc1ccnc(CS(=O)c2nc3ccc(-c4ccc5nc(S(=O)Cc6nccc(OC)c6OC)[nH]c5c4)cc3[nH]2)c1OC. The Morgan fingerprint density at radius 1 is 0.614 bits per heavy atom. The van der Waals surface area contributed by atoms with Crippen LogP contribution in [0, 0.1) is 0 Å². The fourth-order valence-electron chi connectivity index (χ4n) is 4.84. The van der Waals surface area contributed by atoms with Crippen molar-refractivity contribution in [3.8, 4) is 34.1 Å². The van der Waals surface area contributed by atoms with Gasteiger partial charge < -0.3 is 28.9 Å². The van der Waals surface area contributed by atoms with Gasteiger partial charge in [0.15, 0.2) is 33.3 Å². The lowest BCUT2D eigenvalue weighted by Gasteiger charge is -2.10. The third-order valence-corrected chi connectivity index (χ3v) is 9.27. The molecule has 0 bridgehead atoms. The van der Waals surface area contributed by atoms with E-state index in [1.807, 2.05) is 36.4 Å². The standard InChI is InChI=1S/C30H28N6O6S2/c1-39-25-9-11-31-23(27(25)41-3)15-43(37)29-33-19-7-5-17(13-21(19)35-29)18-6-8-20-22(14-18)36-30(34-20)44(38)16-24-28(42-4)26(40-2)10-12-32-24/h5-14H,15-16H2,1-4H3,(H,33,35)(H,34,36). The zero-order chi connectivity index (χ0) is 30.8. The van der Waals surface area contributed by atoms with Crippen LogP contribution >= 0.6 is 0 Å². The fourth-order valence-corrected chi connectivity index (χ4v) is 6.87. The van der Waals surface area contributed by atoms with E-state index < -0.39 is 21.6 Å². The second-order valence-electron chi connectivity index (χ2n) is 9.51. The van der Waals surface area contributed by atoms with E-state index in [1.165, 1.54) is 14.2 Å². The number of nitrogens with zero attached hydrogens (tertiary/aromatic N) is 4. The molecule has 0 saturated carbocycles. The van der Waals surface area contributed by atoms with Gasteiger partial charge in [-0.1, -0.05) is 12.1 Å². The van der Waals surface area contributed by atoms with E-state index in [1.54, 1.807) is 38.7 Å². The summed E-state index contributed by atoms with van der Waals surface area (Å²) in [6.45, 7) is 0. The maximum Gasteiger partial charge on any atom is 0.197 e. The van der Waals surface area contributed by atoms with Crippen molar-refractivity contribution in [2.75, 3.05) is 28.4 Å². The van der Waals surface area contributed by atoms with Crippen molar-refractivity contribution in [1.82, 2.24) is 29.9 Å². The molecular weight excluding hydrogens is 605 g/mol. The minimum Gasteiger partial charge on any atom is -0.493 e. The molecule has 2 aromatic carbocycles. The van der Waals surface area contributed by atoms with Gasteiger partial charge in [0.25, 0.3) is 0 Å². The molecule has 12 nitrogen and oxygen atoms in total. The van der Waals surface area contributed by atoms with Crippen molar-refractivity contribution in [2.45, 2.75) is 21.8 Å². The molecule has 0 aliphatic rings. The number of ether oxygens (including phenoxy) is 4. The van der Waals surface area contributed by atoms with Crippen LogP contribution in [-0.4, -0.2) is 66.8 Å². The van der Waals surface area contributed by atoms with Crippen LogP contribution in [0.4, 0.5) is 0 Å². The summed E-state index contributed by atoms with van der Waals surface area (Å²) in [6, 6.07) is 14.9. The van der Waals surface area contributed by atoms with Crippen molar-refractivity contribution < 1.29 is 27.4 Å². The van der Waals surface area contributed by atoms with Crippen molar-refractivity contribution in [3.63, 3.8) is 0 Å². The summed E-state index contributed by atoms with van der Waals surface area (Å²) in [4.78, 5) is 24.1. The maximum atomic E-state index is 13.2. The molecule has 2 unspecified atom stereocenters. The van der Waals surface area contributed by atoms with Crippen LogP contribution in [0.2, 0.25) is 0 Å². The Morgan fingerprint density at radius 3 is 1.43 bits per heavy atom. The van der Waals surface area contributed by atoms with Crippen molar-refractivity contribution in [2.24, 2.45) is 0 Å². The summed E-state index contributed by atoms with van der Waals surface area (Å²) in [7, 11) is 3.11. The third-order valence-electron chi connectivity index (χ3n) is 6.95.